The van der Waals surface area contributed by atoms with E-state index in [2.05, 4.69) is 20.6 Å². The van der Waals surface area contributed by atoms with E-state index in [9.17, 15) is 8.78 Å². The Balaban J connectivity index is 1.45. The lowest BCUT2D eigenvalue weighted by Gasteiger charge is -2.47. The number of rotatable bonds is 3. The van der Waals surface area contributed by atoms with Crippen LogP contribution in [0.5, 0.6) is 0 Å². The molecule has 154 valence electrons. The fourth-order valence-corrected chi connectivity index (χ4v) is 5.68. The second-order valence-corrected chi connectivity index (χ2v) is 9.31. The molecule has 0 amide bonds. The first-order valence-electron chi connectivity index (χ1n) is 9.20. The summed E-state index contributed by atoms with van der Waals surface area (Å²) >= 11 is 7.29. The SMILES string of the molecule is C[C@H]1C[C@@]2(C[C@@H](c3cn(Cc4cocn4)nn3)N1)OCC(F)(F)c1cc(Cl)sc12. The van der Waals surface area contributed by atoms with E-state index in [1.807, 2.05) is 13.1 Å². The highest BCUT2D eigenvalue weighted by molar-refractivity contribution is 7.16. The minimum Gasteiger partial charge on any atom is -0.451 e. The Bertz CT molecular complexity index is 1020. The van der Waals surface area contributed by atoms with Crippen LogP contribution in [-0.2, 0) is 22.8 Å². The van der Waals surface area contributed by atoms with Gasteiger partial charge in [-0.3, -0.25) is 0 Å². The molecule has 5 heterocycles. The maximum absolute atomic E-state index is 14.4. The predicted octanol–water partition coefficient (Wildman–Crippen LogP) is 3.86. The zero-order chi connectivity index (χ0) is 20.2. The molecular formula is C18H18ClF2N5O2S. The summed E-state index contributed by atoms with van der Waals surface area (Å²) in [6, 6.07) is 1.22. The van der Waals surface area contributed by atoms with E-state index >= 15 is 0 Å². The number of alkyl halides is 2. The molecule has 2 aliphatic heterocycles. The number of ether oxygens (including phenoxy) is 1. The zero-order valence-corrected chi connectivity index (χ0v) is 17.0. The van der Waals surface area contributed by atoms with Crippen molar-refractivity contribution in [3.8, 4) is 0 Å². The van der Waals surface area contributed by atoms with Crippen LogP contribution in [0, 0.1) is 0 Å². The van der Waals surface area contributed by atoms with Gasteiger partial charge in [0.2, 0.25) is 0 Å². The molecule has 11 heteroatoms. The van der Waals surface area contributed by atoms with Crippen LogP contribution in [0.1, 0.15) is 47.6 Å². The molecule has 1 saturated heterocycles. The Morgan fingerprint density at radius 2 is 2.28 bits per heavy atom. The molecule has 3 aromatic rings. The fraction of sp³-hybridized carbons (Fsp3) is 0.500. The molecule has 5 rings (SSSR count). The average Bonchev–Trinajstić information content (AvgIpc) is 3.40. The van der Waals surface area contributed by atoms with Crippen molar-refractivity contribution in [2.24, 2.45) is 0 Å². The van der Waals surface area contributed by atoms with Gasteiger partial charge in [0.25, 0.3) is 5.92 Å². The summed E-state index contributed by atoms with van der Waals surface area (Å²) in [5.74, 6) is -3.03. The number of aromatic nitrogens is 4. The molecule has 0 aromatic carbocycles. The van der Waals surface area contributed by atoms with Gasteiger partial charge in [0.15, 0.2) is 6.39 Å². The second-order valence-electron chi connectivity index (χ2n) is 7.63. The molecule has 29 heavy (non-hydrogen) atoms. The lowest BCUT2D eigenvalue weighted by Crippen LogP contribution is -2.51. The third-order valence-corrected chi connectivity index (χ3v) is 6.87. The summed E-state index contributed by atoms with van der Waals surface area (Å²) in [5.41, 5.74) is 0.629. The maximum Gasteiger partial charge on any atom is 0.297 e. The number of hydrogen-bond acceptors (Lipinski definition) is 7. The van der Waals surface area contributed by atoms with Gasteiger partial charge in [-0.2, -0.15) is 8.78 Å². The van der Waals surface area contributed by atoms with E-state index in [4.69, 9.17) is 20.8 Å². The lowest BCUT2D eigenvalue weighted by molar-refractivity contribution is -0.183. The van der Waals surface area contributed by atoms with Crippen LogP contribution in [0.15, 0.2) is 29.3 Å². The van der Waals surface area contributed by atoms with Gasteiger partial charge in [0.1, 0.15) is 24.2 Å². The van der Waals surface area contributed by atoms with Crippen molar-refractivity contribution >= 4 is 22.9 Å². The van der Waals surface area contributed by atoms with Crippen molar-refractivity contribution in [1.29, 1.82) is 0 Å². The number of oxazole rings is 1. The normalized spacial score (nSPS) is 28.6. The molecule has 1 spiro atoms. The summed E-state index contributed by atoms with van der Waals surface area (Å²) in [4.78, 5) is 4.60. The summed E-state index contributed by atoms with van der Waals surface area (Å²) in [5, 5.41) is 11.9. The van der Waals surface area contributed by atoms with Gasteiger partial charge in [-0.05, 0) is 19.4 Å². The van der Waals surface area contributed by atoms with Gasteiger partial charge in [-0.25, -0.2) is 9.67 Å². The molecule has 0 radical (unpaired) electrons. The number of nitrogens with zero attached hydrogens (tertiary/aromatic N) is 4. The molecule has 0 saturated carbocycles. The van der Waals surface area contributed by atoms with Crippen LogP contribution in [-0.4, -0.2) is 32.6 Å². The first-order valence-corrected chi connectivity index (χ1v) is 10.4. The van der Waals surface area contributed by atoms with Crippen LogP contribution < -0.4 is 5.32 Å². The molecule has 1 N–H and O–H groups in total. The highest BCUT2D eigenvalue weighted by atomic mass is 35.5. The Morgan fingerprint density at radius 3 is 3.07 bits per heavy atom. The smallest absolute Gasteiger partial charge is 0.297 e. The largest absolute Gasteiger partial charge is 0.451 e. The van der Waals surface area contributed by atoms with Gasteiger partial charge >= 0.3 is 0 Å². The Kier molecular flexibility index (Phi) is 4.50. The van der Waals surface area contributed by atoms with Crippen molar-refractivity contribution in [2.45, 2.75) is 49.9 Å². The Labute approximate surface area is 174 Å². The van der Waals surface area contributed by atoms with Crippen molar-refractivity contribution in [3.63, 3.8) is 0 Å². The van der Waals surface area contributed by atoms with Gasteiger partial charge in [-0.1, -0.05) is 16.8 Å². The number of nitrogens with one attached hydrogen (secondary N) is 1. The van der Waals surface area contributed by atoms with Gasteiger partial charge in [0.05, 0.1) is 28.8 Å². The van der Waals surface area contributed by atoms with E-state index in [1.165, 1.54) is 23.8 Å². The van der Waals surface area contributed by atoms with Crippen LogP contribution in [0.3, 0.4) is 0 Å². The number of thiophene rings is 1. The van der Waals surface area contributed by atoms with Gasteiger partial charge < -0.3 is 14.5 Å². The minimum atomic E-state index is -3.03. The van der Waals surface area contributed by atoms with Crippen molar-refractivity contribution < 1.29 is 17.9 Å². The third kappa shape index (κ3) is 3.37. The van der Waals surface area contributed by atoms with Gasteiger partial charge in [-0.15, -0.1) is 16.4 Å². The molecular weight excluding hydrogens is 424 g/mol. The van der Waals surface area contributed by atoms with Crippen LogP contribution in [0.2, 0.25) is 4.34 Å². The monoisotopic (exact) mass is 441 g/mol. The van der Waals surface area contributed by atoms with E-state index in [0.717, 1.165) is 11.4 Å². The number of piperidine rings is 1. The molecule has 0 unspecified atom stereocenters. The van der Waals surface area contributed by atoms with E-state index in [1.54, 1.807) is 10.9 Å². The number of fused-ring (bicyclic) bond motifs is 2. The van der Waals surface area contributed by atoms with Crippen molar-refractivity contribution in [3.05, 3.63) is 51.1 Å². The Morgan fingerprint density at radius 1 is 1.41 bits per heavy atom. The zero-order valence-electron chi connectivity index (χ0n) is 15.4. The second kappa shape index (κ2) is 6.83. The van der Waals surface area contributed by atoms with Crippen LogP contribution >= 0.6 is 22.9 Å². The van der Waals surface area contributed by atoms with Crippen LogP contribution in [0.4, 0.5) is 8.78 Å². The first-order chi connectivity index (χ1) is 13.8. The minimum absolute atomic E-state index is 0.0127. The van der Waals surface area contributed by atoms with E-state index in [-0.39, 0.29) is 17.6 Å². The fourth-order valence-electron chi connectivity index (χ4n) is 4.24. The van der Waals surface area contributed by atoms with E-state index < -0.39 is 18.1 Å². The maximum atomic E-state index is 14.4. The highest BCUT2D eigenvalue weighted by Gasteiger charge is 2.53. The molecule has 7 nitrogen and oxygen atoms in total. The topological polar surface area (TPSA) is 78.0 Å². The number of halogens is 3. The van der Waals surface area contributed by atoms with Crippen molar-refractivity contribution in [2.75, 3.05) is 6.61 Å². The summed E-state index contributed by atoms with van der Waals surface area (Å²) in [6.45, 7) is 1.80. The third-order valence-electron chi connectivity index (χ3n) is 5.42. The average molecular weight is 442 g/mol. The predicted molar refractivity (Wildman–Crippen MR) is 101 cm³/mol. The number of hydrogen-bond donors (Lipinski definition) is 1. The molecule has 0 aliphatic carbocycles. The molecule has 1 fully saturated rings. The first kappa shape index (κ1) is 19.1. The molecule has 2 aliphatic rings. The Hall–Kier alpha value is -1.88. The molecule has 3 aromatic heterocycles. The summed E-state index contributed by atoms with van der Waals surface area (Å²) in [7, 11) is 0. The van der Waals surface area contributed by atoms with E-state index in [0.29, 0.717) is 28.6 Å². The quantitative estimate of drug-likeness (QED) is 0.665. The highest BCUT2D eigenvalue weighted by Crippen LogP contribution is 2.54. The van der Waals surface area contributed by atoms with Crippen molar-refractivity contribution in [1.82, 2.24) is 25.3 Å². The van der Waals surface area contributed by atoms with Gasteiger partial charge in [0, 0.05) is 22.9 Å². The summed E-state index contributed by atoms with van der Waals surface area (Å²) in [6.07, 6.45) is 5.80. The van der Waals surface area contributed by atoms with Crippen LogP contribution in [0.25, 0.3) is 0 Å². The molecule has 0 bridgehead atoms. The molecule has 3 atom stereocenters. The lowest BCUT2D eigenvalue weighted by atomic mass is 9.78. The standard InChI is InChI=1S/C18H18ClF2N5O2S/c1-10-3-17(16-12(2-15(19)29-16)18(20,21)8-28-17)4-13(23-10)14-6-26(25-24-14)5-11-7-27-9-22-11/h2,6-7,9-10,13,23H,3-5,8H2,1H3/t10-,13-,17-/m0/s1. The summed E-state index contributed by atoms with van der Waals surface area (Å²) < 4.78 is 41.7.